The van der Waals surface area contributed by atoms with Crippen LogP contribution in [-0.2, 0) is 6.42 Å². The van der Waals surface area contributed by atoms with Crippen LogP contribution in [-0.4, -0.2) is 18.2 Å². The monoisotopic (exact) mass is 207 g/mol. The molecule has 2 unspecified atom stereocenters. The Morgan fingerprint density at radius 1 is 1.20 bits per heavy atom. The highest BCUT2D eigenvalue weighted by atomic mass is 16.3. The van der Waals surface area contributed by atoms with Gasteiger partial charge in [-0.1, -0.05) is 38.1 Å². The number of hydrogen-bond donors (Lipinski definition) is 2. The molecular formula is C13H21NO. The molecule has 0 amide bonds. The Morgan fingerprint density at radius 2 is 1.80 bits per heavy atom. The molecule has 0 aromatic heterocycles. The van der Waals surface area contributed by atoms with E-state index in [-0.39, 0.29) is 6.04 Å². The van der Waals surface area contributed by atoms with Gasteiger partial charge in [0.15, 0.2) is 0 Å². The average molecular weight is 207 g/mol. The van der Waals surface area contributed by atoms with Gasteiger partial charge >= 0.3 is 0 Å². The Labute approximate surface area is 92.3 Å². The van der Waals surface area contributed by atoms with Crippen molar-refractivity contribution in [2.45, 2.75) is 38.8 Å². The number of aliphatic hydroxyl groups is 1. The van der Waals surface area contributed by atoms with E-state index in [4.69, 9.17) is 0 Å². The highest BCUT2D eigenvalue weighted by molar-refractivity contribution is 5.25. The smallest absolute Gasteiger partial charge is 0.0942 e. The highest BCUT2D eigenvalue weighted by Crippen LogP contribution is 2.19. The largest absolute Gasteiger partial charge is 0.387 e. The fourth-order valence-corrected chi connectivity index (χ4v) is 1.77. The second kappa shape index (κ2) is 5.89. The maximum atomic E-state index is 10.1. The molecule has 0 saturated heterocycles. The van der Waals surface area contributed by atoms with Crippen molar-refractivity contribution in [1.82, 2.24) is 5.32 Å². The van der Waals surface area contributed by atoms with Crippen LogP contribution in [0.15, 0.2) is 24.3 Å². The molecule has 0 bridgehead atoms. The lowest BCUT2D eigenvalue weighted by molar-refractivity contribution is 0.130. The summed E-state index contributed by atoms with van der Waals surface area (Å²) in [6, 6.07) is 8.34. The SMILES string of the molecule is CCc1ccc(C(O)C(CC)NC)cc1. The highest BCUT2D eigenvalue weighted by Gasteiger charge is 2.16. The Hall–Kier alpha value is -0.860. The fourth-order valence-electron chi connectivity index (χ4n) is 1.77. The molecule has 0 heterocycles. The molecule has 0 aliphatic carbocycles. The number of hydrogen-bond acceptors (Lipinski definition) is 2. The van der Waals surface area contributed by atoms with Gasteiger partial charge in [-0.3, -0.25) is 0 Å². The molecule has 15 heavy (non-hydrogen) atoms. The zero-order valence-corrected chi connectivity index (χ0v) is 9.83. The van der Waals surface area contributed by atoms with Crippen molar-refractivity contribution in [2.75, 3.05) is 7.05 Å². The molecule has 0 radical (unpaired) electrons. The Balaban J connectivity index is 2.76. The van der Waals surface area contributed by atoms with Gasteiger partial charge in [0.05, 0.1) is 6.10 Å². The van der Waals surface area contributed by atoms with Gasteiger partial charge < -0.3 is 10.4 Å². The fraction of sp³-hybridized carbons (Fsp3) is 0.538. The minimum atomic E-state index is -0.411. The first-order valence-electron chi connectivity index (χ1n) is 5.67. The summed E-state index contributed by atoms with van der Waals surface area (Å²) in [5.74, 6) is 0. The summed E-state index contributed by atoms with van der Waals surface area (Å²) < 4.78 is 0. The van der Waals surface area contributed by atoms with Crippen molar-refractivity contribution in [3.63, 3.8) is 0 Å². The Bertz CT molecular complexity index is 277. The molecule has 2 N–H and O–H groups in total. The number of nitrogens with one attached hydrogen (secondary N) is 1. The maximum Gasteiger partial charge on any atom is 0.0942 e. The predicted molar refractivity (Wildman–Crippen MR) is 63.9 cm³/mol. The normalized spacial score (nSPS) is 14.9. The van der Waals surface area contributed by atoms with Gasteiger partial charge in [0, 0.05) is 6.04 Å². The average Bonchev–Trinajstić information content (AvgIpc) is 2.30. The predicted octanol–water partition coefficient (Wildman–Crippen LogP) is 2.28. The molecule has 1 rings (SSSR count). The van der Waals surface area contributed by atoms with Crippen LogP contribution in [0.4, 0.5) is 0 Å². The van der Waals surface area contributed by atoms with E-state index in [1.807, 2.05) is 19.2 Å². The van der Waals surface area contributed by atoms with Gasteiger partial charge in [-0.15, -0.1) is 0 Å². The van der Waals surface area contributed by atoms with Crippen LogP contribution in [0, 0.1) is 0 Å². The molecule has 1 aromatic carbocycles. The van der Waals surface area contributed by atoms with E-state index < -0.39 is 6.10 Å². The van der Waals surface area contributed by atoms with Crippen molar-refractivity contribution in [3.05, 3.63) is 35.4 Å². The molecule has 2 atom stereocenters. The molecule has 0 saturated carbocycles. The van der Waals surface area contributed by atoms with Crippen LogP contribution in [0.5, 0.6) is 0 Å². The third-order valence-corrected chi connectivity index (χ3v) is 2.92. The Morgan fingerprint density at radius 3 is 2.20 bits per heavy atom. The van der Waals surface area contributed by atoms with Crippen molar-refractivity contribution in [2.24, 2.45) is 0 Å². The van der Waals surface area contributed by atoms with E-state index >= 15 is 0 Å². The van der Waals surface area contributed by atoms with Gasteiger partial charge in [-0.05, 0) is 31.0 Å². The van der Waals surface area contributed by atoms with Crippen LogP contribution >= 0.6 is 0 Å². The number of rotatable bonds is 5. The number of benzene rings is 1. The summed E-state index contributed by atoms with van der Waals surface area (Å²) in [4.78, 5) is 0. The van der Waals surface area contributed by atoms with Gasteiger partial charge in [0.25, 0.3) is 0 Å². The van der Waals surface area contributed by atoms with Crippen molar-refractivity contribution in [3.8, 4) is 0 Å². The van der Waals surface area contributed by atoms with Crippen LogP contribution in [0.1, 0.15) is 37.5 Å². The molecule has 2 nitrogen and oxygen atoms in total. The van der Waals surface area contributed by atoms with Crippen molar-refractivity contribution < 1.29 is 5.11 Å². The standard InChI is InChI=1S/C13H21NO/c1-4-10-6-8-11(9-7-10)13(15)12(5-2)14-3/h6-9,12-15H,4-5H2,1-3H3. The van der Waals surface area contributed by atoms with Crippen molar-refractivity contribution in [1.29, 1.82) is 0 Å². The number of likely N-dealkylation sites (N-methyl/N-ethyl adjacent to an activating group) is 1. The molecular weight excluding hydrogens is 186 g/mol. The lowest BCUT2D eigenvalue weighted by atomic mass is 9.99. The van der Waals surface area contributed by atoms with Crippen LogP contribution in [0.25, 0.3) is 0 Å². The zero-order chi connectivity index (χ0) is 11.3. The van der Waals surface area contributed by atoms with E-state index in [1.165, 1.54) is 5.56 Å². The Kier molecular flexibility index (Phi) is 4.79. The lowest BCUT2D eigenvalue weighted by Gasteiger charge is -2.21. The molecule has 0 aliphatic rings. The van der Waals surface area contributed by atoms with Crippen LogP contribution in [0.2, 0.25) is 0 Å². The zero-order valence-electron chi connectivity index (χ0n) is 9.83. The van der Waals surface area contributed by atoms with E-state index in [2.05, 4.69) is 31.3 Å². The van der Waals surface area contributed by atoms with E-state index in [1.54, 1.807) is 0 Å². The molecule has 0 spiro atoms. The van der Waals surface area contributed by atoms with Crippen molar-refractivity contribution >= 4 is 0 Å². The molecule has 0 aliphatic heterocycles. The molecule has 0 fully saturated rings. The second-order valence-electron chi connectivity index (χ2n) is 3.84. The first kappa shape index (κ1) is 12.2. The van der Waals surface area contributed by atoms with E-state index in [0.717, 1.165) is 18.4 Å². The van der Waals surface area contributed by atoms with Gasteiger partial charge in [-0.25, -0.2) is 0 Å². The summed E-state index contributed by atoms with van der Waals surface area (Å²) in [6.07, 6.45) is 1.55. The van der Waals surface area contributed by atoms with Gasteiger partial charge in [0.1, 0.15) is 0 Å². The molecule has 84 valence electrons. The molecule has 2 heteroatoms. The third-order valence-electron chi connectivity index (χ3n) is 2.92. The maximum absolute atomic E-state index is 10.1. The third kappa shape index (κ3) is 3.05. The second-order valence-corrected chi connectivity index (χ2v) is 3.84. The first-order valence-corrected chi connectivity index (χ1v) is 5.67. The summed E-state index contributed by atoms with van der Waals surface area (Å²) >= 11 is 0. The van der Waals surface area contributed by atoms with Gasteiger partial charge in [0.2, 0.25) is 0 Å². The lowest BCUT2D eigenvalue weighted by Crippen LogP contribution is -2.31. The van der Waals surface area contributed by atoms with Crippen LogP contribution in [0.3, 0.4) is 0 Å². The topological polar surface area (TPSA) is 32.3 Å². The first-order chi connectivity index (χ1) is 7.22. The molecule has 1 aromatic rings. The van der Waals surface area contributed by atoms with Gasteiger partial charge in [-0.2, -0.15) is 0 Å². The summed E-state index contributed by atoms with van der Waals surface area (Å²) in [6.45, 7) is 4.21. The van der Waals surface area contributed by atoms with Crippen LogP contribution < -0.4 is 5.32 Å². The number of aryl methyl sites for hydroxylation is 1. The summed E-state index contributed by atoms with van der Waals surface area (Å²) in [5.41, 5.74) is 2.30. The van der Waals surface area contributed by atoms with E-state index in [9.17, 15) is 5.11 Å². The number of aliphatic hydroxyl groups excluding tert-OH is 1. The summed E-state index contributed by atoms with van der Waals surface area (Å²) in [7, 11) is 1.89. The quantitative estimate of drug-likeness (QED) is 0.776. The van der Waals surface area contributed by atoms with E-state index in [0.29, 0.717) is 0 Å². The summed E-state index contributed by atoms with van der Waals surface area (Å²) in [5, 5.41) is 13.2. The minimum absolute atomic E-state index is 0.137. The minimum Gasteiger partial charge on any atom is -0.387 e.